The first-order valence-corrected chi connectivity index (χ1v) is 11.0. The first kappa shape index (κ1) is 19.7. The van der Waals surface area contributed by atoms with E-state index in [0.717, 1.165) is 59.1 Å². The second-order valence-corrected chi connectivity index (χ2v) is 8.56. The van der Waals surface area contributed by atoms with E-state index in [2.05, 4.69) is 56.0 Å². The normalized spacial score (nSPS) is 19.0. The molecule has 29 heavy (non-hydrogen) atoms. The van der Waals surface area contributed by atoms with Gasteiger partial charge in [0, 0.05) is 16.5 Å². The molecule has 0 N–H and O–H groups in total. The molecule has 0 heterocycles. The minimum absolute atomic E-state index is 0.0342. The Hall–Kier alpha value is -2.59. The van der Waals surface area contributed by atoms with Gasteiger partial charge in [-0.2, -0.15) is 0 Å². The first-order valence-electron chi connectivity index (χ1n) is 11.0. The lowest BCUT2D eigenvalue weighted by molar-refractivity contribution is 0.343. The smallest absolute Gasteiger partial charge is 0.134 e. The molecule has 0 aromatic heterocycles. The average Bonchev–Trinajstić information content (AvgIpc) is 2.74. The Kier molecular flexibility index (Phi) is 6.00. The van der Waals surface area contributed by atoms with E-state index in [1.165, 1.54) is 18.4 Å². The van der Waals surface area contributed by atoms with Crippen LogP contribution in [0.1, 0.15) is 74.1 Å². The molecule has 1 aliphatic carbocycles. The number of hydrogen-bond acceptors (Lipinski definition) is 0. The van der Waals surface area contributed by atoms with Crippen molar-refractivity contribution in [2.75, 3.05) is 0 Å². The van der Waals surface area contributed by atoms with Crippen LogP contribution in [-0.2, 0) is 6.42 Å². The molecule has 0 atom stereocenters. The molecule has 1 aliphatic rings. The lowest BCUT2D eigenvalue weighted by Gasteiger charge is -2.27. The maximum Gasteiger partial charge on any atom is 0.134 e. The van der Waals surface area contributed by atoms with Gasteiger partial charge in [-0.05, 0) is 71.9 Å². The quantitative estimate of drug-likeness (QED) is 0.407. The highest BCUT2D eigenvalue weighted by Crippen LogP contribution is 2.38. The van der Waals surface area contributed by atoms with Gasteiger partial charge in [0.05, 0.1) is 0 Å². The predicted octanol–water partition coefficient (Wildman–Crippen LogP) is 7.62. The molecule has 3 aromatic carbocycles. The van der Waals surface area contributed by atoms with Crippen LogP contribution in [0.15, 0.2) is 54.6 Å². The van der Waals surface area contributed by atoms with Crippen LogP contribution >= 0.6 is 0 Å². The highest BCUT2D eigenvalue weighted by Gasteiger charge is 2.23. The SMILES string of the molecule is CCCc1ccc(C#Cc2ccc3c(F)c(C4CCC(C)CC4)ccc3c2)cc1. The van der Waals surface area contributed by atoms with E-state index < -0.39 is 0 Å². The molecule has 3 aromatic rings. The molecule has 0 saturated heterocycles. The number of halogens is 1. The van der Waals surface area contributed by atoms with E-state index in [9.17, 15) is 0 Å². The summed E-state index contributed by atoms with van der Waals surface area (Å²) in [6.45, 7) is 4.49. The molecule has 0 nitrogen and oxygen atoms in total. The third-order valence-corrected chi connectivity index (χ3v) is 6.28. The molecule has 0 bridgehead atoms. The van der Waals surface area contributed by atoms with Crippen molar-refractivity contribution in [3.63, 3.8) is 0 Å². The van der Waals surface area contributed by atoms with Gasteiger partial charge in [0.15, 0.2) is 0 Å². The van der Waals surface area contributed by atoms with E-state index >= 15 is 4.39 Å². The van der Waals surface area contributed by atoms with Crippen LogP contribution in [0.5, 0.6) is 0 Å². The molecule has 0 spiro atoms. The van der Waals surface area contributed by atoms with Gasteiger partial charge in [-0.1, -0.05) is 75.3 Å². The summed E-state index contributed by atoms with van der Waals surface area (Å²) >= 11 is 0. The van der Waals surface area contributed by atoms with Gasteiger partial charge >= 0.3 is 0 Å². The molecule has 1 saturated carbocycles. The Morgan fingerprint density at radius 2 is 1.55 bits per heavy atom. The topological polar surface area (TPSA) is 0 Å². The number of aryl methyl sites for hydroxylation is 1. The highest BCUT2D eigenvalue weighted by atomic mass is 19.1. The number of rotatable bonds is 3. The Labute approximate surface area is 174 Å². The van der Waals surface area contributed by atoms with Crippen LogP contribution < -0.4 is 0 Å². The number of fused-ring (bicyclic) bond motifs is 1. The third-order valence-electron chi connectivity index (χ3n) is 6.28. The van der Waals surface area contributed by atoms with Crippen LogP contribution in [-0.4, -0.2) is 0 Å². The van der Waals surface area contributed by atoms with Gasteiger partial charge < -0.3 is 0 Å². The van der Waals surface area contributed by atoms with Crippen molar-refractivity contribution in [2.24, 2.45) is 5.92 Å². The van der Waals surface area contributed by atoms with E-state index in [0.29, 0.717) is 5.92 Å². The van der Waals surface area contributed by atoms with Crippen LogP contribution in [0.25, 0.3) is 10.8 Å². The highest BCUT2D eigenvalue weighted by molar-refractivity contribution is 5.85. The van der Waals surface area contributed by atoms with Crippen molar-refractivity contribution in [1.29, 1.82) is 0 Å². The molecular formula is C28H29F. The Balaban J connectivity index is 1.56. The van der Waals surface area contributed by atoms with E-state index in [-0.39, 0.29) is 5.82 Å². The summed E-state index contributed by atoms with van der Waals surface area (Å²) in [6, 6.07) is 18.4. The Bertz CT molecular complexity index is 1040. The van der Waals surface area contributed by atoms with E-state index in [1.807, 2.05) is 24.3 Å². The van der Waals surface area contributed by atoms with Crippen molar-refractivity contribution in [1.82, 2.24) is 0 Å². The van der Waals surface area contributed by atoms with Crippen LogP contribution in [0, 0.1) is 23.6 Å². The summed E-state index contributed by atoms with van der Waals surface area (Å²) in [4.78, 5) is 0. The lowest BCUT2D eigenvalue weighted by atomic mass is 9.79. The minimum atomic E-state index is -0.0342. The first-order chi connectivity index (χ1) is 14.1. The maximum absolute atomic E-state index is 15.2. The molecule has 0 radical (unpaired) electrons. The Morgan fingerprint density at radius 3 is 2.28 bits per heavy atom. The molecule has 148 valence electrons. The van der Waals surface area contributed by atoms with Gasteiger partial charge in [0.1, 0.15) is 5.82 Å². The molecule has 0 aliphatic heterocycles. The summed E-state index contributed by atoms with van der Waals surface area (Å²) in [5.41, 5.74) is 4.18. The van der Waals surface area contributed by atoms with Gasteiger partial charge in [-0.3, -0.25) is 0 Å². The fourth-order valence-electron chi connectivity index (χ4n) is 4.46. The number of hydrogen-bond donors (Lipinski definition) is 0. The van der Waals surface area contributed by atoms with Gasteiger partial charge in [-0.15, -0.1) is 0 Å². The zero-order valence-corrected chi connectivity index (χ0v) is 17.5. The fourth-order valence-corrected chi connectivity index (χ4v) is 4.46. The van der Waals surface area contributed by atoms with Gasteiger partial charge in [0.2, 0.25) is 0 Å². The second kappa shape index (κ2) is 8.83. The fraction of sp³-hybridized carbons (Fsp3) is 0.357. The lowest BCUT2D eigenvalue weighted by Crippen LogP contribution is -2.12. The molecular weight excluding hydrogens is 355 g/mol. The Morgan fingerprint density at radius 1 is 0.862 bits per heavy atom. The van der Waals surface area contributed by atoms with Crippen molar-refractivity contribution in [3.05, 3.63) is 82.7 Å². The largest absolute Gasteiger partial charge is 0.206 e. The average molecular weight is 385 g/mol. The summed E-state index contributed by atoms with van der Waals surface area (Å²) < 4.78 is 15.2. The van der Waals surface area contributed by atoms with Crippen LogP contribution in [0.2, 0.25) is 0 Å². The molecule has 1 heteroatoms. The van der Waals surface area contributed by atoms with Crippen molar-refractivity contribution in [3.8, 4) is 11.8 Å². The summed E-state index contributed by atoms with van der Waals surface area (Å²) in [5.74, 6) is 7.58. The van der Waals surface area contributed by atoms with Crippen LogP contribution in [0.4, 0.5) is 4.39 Å². The van der Waals surface area contributed by atoms with Crippen LogP contribution in [0.3, 0.4) is 0 Å². The predicted molar refractivity (Wildman–Crippen MR) is 121 cm³/mol. The zero-order valence-electron chi connectivity index (χ0n) is 17.5. The third kappa shape index (κ3) is 4.54. The second-order valence-electron chi connectivity index (χ2n) is 8.56. The minimum Gasteiger partial charge on any atom is -0.206 e. The van der Waals surface area contributed by atoms with Gasteiger partial charge in [0.25, 0.3) is 0 Å². The molecule has 0 amide bonds. The zero-order chi connectivity index (χ0) is 20.2. The van der Waals surface area contributed by atoms with E-state index in [4.69, 9.17) is 0 Å². The van der Waals surface area contributed by atoms with Crippen molar-refractivity contribution >= 4 is 10.8 Å². The summed E-state index contributed by atoms with van der Waals surface area (Å²) in [5, 5.41) is 1.65. The van der Waals surface area contributed by atoms with Crippen molar-refractivity contribution in [2.45, 2.75) is 58.3 Å². The molecule has 4 rings (SSSR count). The van der Waals surface area contributed by atoms with Gasteiger partial charge in [-0.25, -0.2) is 4.39 Å². The summed E-state index contributed by atoms with van der Waals surface area (Å²) in [7, 11) is 0. The van der Waals surface area contributed by atoms with Crippen molar-refractivity contribution < 1.29 is 4.39 Å². The van der Waals surface area contributed by atoms with E-state index in [1.54, 1.807) is 0 Å². The summed E-state index contributed by atoms with van der Waals surface area (Å²) in [6.07, 6.45) is 6.87. The standard InChI is InChI=1S/C28H29F/c1-3-4-21-7-9-22(10-8-21)11-12-23-13-17-27-25(19-23)16-18-26(28(27)29)24-14-5-20(2)6-15-24/h7-10,13,16-20,24H,3-6,14-15H2,1-2H3. The number of benzene rings is 3. The molecule has 0 unspecified atom stereocenters. The maximum atomic E-state index is 15.2. The molecule has 1 fully saturated rings. The monoisotopic (exact) mass is 384 g/mol.